The third-order valence-electron chi connectivity index (χ3n) is 1.18. The Balaban J connectivity index is 3.67. The summed E-state index contributed by atoms with van der Waals surface area (Å²) in [7, 11) is 0. The molecule has 0 unspecified atom stereocenters. The van der Waals surface area contributed by atoms with E-state index in [9.17, 15) is 5.11 Å². The highest BCUT2D eigenvalue weighted by atomic mass is 32.2. The Labute approximate surface area is 82.1 Å². The number of thioether (sulfide) groups is 1. The maximum Gasteiger partial charge on any atom is 0.193 e. The van der Waals surface area contributed by atoms with Crippen LogP contribution in [0.25, 0.3) is 0 Å². The van der Waals surface area contributed by atoms with Gasteiger partial charge in [0.15, 0.2) is 11.1 Å². The van der Waals surface area contributed by atoms with E-state index in [1.165, 1.54) is 11.8 Å². The summed E-state index contributed by atoms with van der Waals surface area (Å²) >= 11 is 1.21. The number of nitrogens with one attached hydrogen (secondary N) is 1. The number of nitrogens with zero attached hydrogens (tertiary/aromatic N) is 1. The molecule has 76 valence electrons. The first-order chi connectivity index (χ1) is 5.81. The first-order valence-electron chi connectivity index (χ1n) is 3.84. The maximum absolute atomic E-state index is 9.34. The molecular weight excluding hydrogens is 188 g/mol. The van der Waals surface area contributed by atoms with Crippen LogP contribution in [0.3, 0.4) is 0 Å². The zero-order chi connectivity index (χ0) is 10.5. The van der Waals surface area contributed by atoms with E-state index in [2.05, 4.69) is 4.99 Å². The second-order valence-electron chi connectivity index (χ2n) is 3.25. The van der Waals surface area contributed by atoms with Crippen LogP contribution in [-0.4, -0.2) is 27.6 Å². The normalized spacial score (nSPS) is 11.0. The topological polar surface area (TPSA) is 108 Å². The van der Waals surface area contributed by atoms with Crippen LogP contribution in [0.5, 0.6) is 0 Å². The van der Waals surface area contributed by atoms with Crippen molar-refractivity contribution in [3.8, 4) is 0 Å². The number of hydrogen-bond acceptors (Lipinski definition) is 3. The van der Waals surface area contributed by atoms with Gasteiger partial charge >= 0.3 is 0 Å². The second kappa shape index (κ2) is 5.08. The molecule has 6 N–H and O–H groups in total. The lowest BCUT2D eigenvalue weighted by Gasteiger charge is -2.15. The molecule has 0 spiro atoms. The number of hydrogen-bond donors (Lipinski definition) is 4. The molecule has 0 aliphatic heterocycles. The number of aliphatic hydroxyl groups is 1. The van der Waals surface area contributed by atoms with Gasteiger partial charge in [0.25, 0.3) is 0 Å². The number of rotatable bonds is 3. The van der Waals surface area contributed by atoms with E-state index in [1.807, 2.05) is 0 Å². The molecule has 0 saturated heterocycles. The Hall–Kier alpha value is -0.750. The molecule has 5 nitrogen and oxygen atoms in total. The lowest BCUT2D eigenvalue weighted by Crippen LogP contribution is -2.24. The first kappa shape index (κ1) is 12.2. The van der Waals surface area contributed by atoms with E-state index in [1.54, 1.807) is 13.8 Å². The van der Waals surface area contributed by atoms with Crippen LogP contribution < -0.4 is 11.5 Å². The summed E-state index contributed by atoms with van der Waals surface area (Å²) in [6, 6.07) is 0. The van der Waals surface area contributed by atoms with Gasteiger partial charge in [0.05, 0.1) is 5.60 Å². The molecule has 0 heterocycles. The molecule has 13 heavy (non-hydrogen) atoms. The lowest BCUT2D eigenvalue weighted by molar-refractivity contribution is 0.0778. The molecule has 0 rings (SSSR count). The quantitative estimate of drug-likeness (QED) is 0.386. The summed E-state index contributed by atoms with van der Waals surface area (Å²) in [4.78, 5) is 3.53. The highest BCUT2D eigenvalue weighted by Crippen LogP contribution is 2.13. The molecule has 0 aliphatic carbocycles. The minimum atomic E-state index is -0.703. The fourth-order valence-corrected chi connectivity index (χ4v) is 1.51. The van der Waals surface area contributed by atoms with E-state index in [0.717, 1.165) is 0 Å². The van der Waals surface area contributed by atoms with Gasteiger partial charge in [-0.25, -0.2) is 0 Å². The van der Waals surface area contributed by atoms with Gasteiger partial charge in [0, 0.05) is 5.75 Å². The van der Waals surface area contributed by atoms with E-state index < -0.39 is 5.60 Å². The predicted octanol–water partition coefficient (Wildman–Crippen LogP) is 0.0888. The van der Waals surface area contributed by atoms with Gasteiger partial charge in [-0.1, -0.05) is 11.8 Å². The summed E-state index contributed by atoms with van der Waals surface area (Å²) < 4.78 is 0. The highest BCUT2D eigenvalue weighted by Gasteiger charge is 2.12. The average molecular weight is 204 g/mol. The van der Waals surface area contributed by atoms with Crippen molar-refractivity contribution >= 4 is 22.9 Å². The van der Waals surface area contributed by atoms with Gasteiger partial charge in [0.1, 0.15) is 0 Å². The molecule has 0 atom stereocenters. The van der Waals surface area contributed by atoms with Crippen LogP contribution in [0, 0.1) is 5.41 Å². The largest absolute Gasteiger partial charge is 0.390 e. The fraction of sp³-hybridized carbons (Fsp3) is 0.714. The minimum Gasteiger partial charge on any atom is -0.390 e. The van der Waals surface area contributed by atoms with Crippen LogP contribution >= 0.6 is 11.8 Å². The van der Waals surface area contributed by atoms with Crippen molar-refractivity contribution in [1.29, 1.82) is 5.41 Å². The SMILES string of the molecule is CC(C)(O)CCSC(=N)N=C(N)N. The zero-order valence-electron chi connectivity index (χ0n) is 7.87. The number of guanidine groups is 1. The predicted molar refractivity (Wildman–Crippen MR) is 56.9 cm³/mol. The van der Waals surface area contributed by atoms with Crippen molar-refractivity contribution in [2.45, 2.75) is 25.9 Å². The van der Waals surface area contributed by atoms with Crippen LogP contribution in [0.15, 0.2) is 4.99 Å². The molecule has 0 aromatic heterocycles. The Morgan fingerprint density at radius 1 is 1.54 bits per heavy atom. The monoisotopic (exact) mass is 204 g/mol. The molecule has 0 bridgehead atoms. The molecule has 0 amide bonds. The second-order valence-corrected chi connectivity index (χ2v) is 4.34. The molecule has 0 fully saturated rings. The molecule has 0 aliphatic rings. The van der Waals surface area contributed by atoms with Crippen molar-refractivity contribution < 1.29 is 5.11 Å². The summed E-state index contributed by atoms with van der Waals surface area (Å²) in [5, 5.41) is 16.7. The van der Waals surface area contributed by atoms with Crippen molar-refractivity contribution in [2.24, 2.45) is 16.5 Å². The maximum atomic E-state index is 9.34. The van der Waals surface area contributed by atoms with Crippen molar-refractivity contribution in [3.63, 3.8) is 0 Å². The third kappa shape index (κ3) is 9.16. The number of amidine groups is 1. The standard InChI is InChI=1S/C7H16N4OS/c1-7(2,12)3-4-13-6(10)11-5(8)9/h12H,3-4H2,1-2H3,(H5,8,9,10,11). The third-order valence-corrected chi connectivity index (χ3v) is 1.96. The van der Waals surface area contributed by atoms with Crippen molar-refractivity contribution in [3.05, 3.63) is 0 Å². The smallest absolute Gasteiger partial charge is 0.193 e. The van der Waals surface area contributed by atoms with Crippen LogP contribution in [-0.2, 0) is 0 Å². The average Bonchev–Trinajstić information content (AvgIpc) is 1.81. The van der Waals surface area contributed by atoms with Crippen LogP contribution in [0.1, 0.15) is 20.3 Å². The van der Waals surface area contributed by atoms with Gasteiger partial charge < -0.3 is 16.6 Å². The summed E-state index contributed by atoms with van der Waals surface area (Å²) in [6.45, 7) is 3.44. The Kier molecular flexibility index (Phi) is 4.79. The minimum absolute atomic E-state index is 0.0734. The molecule has 6 heteroatoms. The zero-order valence-corrected chi connectivity index (χ0v) is 8.69. The molecule has 0 aromatic rings. The van der Waals surface area contributed by atoms with Gasteiger partial charge in [-0.05, 0) is 20.3 Å². The van der Waals surface area contributed by atoms with Gasteiger partial charge in [-0.15, -0.1) is 0 Å². The Bertz CT molecular complexity index is 205. The number of aliphatic imine (C=N–C) groups is 1. The lowest BCUT2D eigenvalue weighted by atomic mass is 10.1. The van der Waals surface area contributed by atoms with E-state index in [-0.39, 0.29) is 11.1 Å². The summed E-state index contributed by atoms with van der Waals surface area (Å²) in [5.41, 5.74) is 9.45. The van der Waals surface area contributed by atoms with Gasteiger partial charge in [-0.3, -0.25) is 5.41 Å². The fourth-order valence-electron chi connectivity index (χ4n) is 0.547. The van der Waals surface area contributed by atoms with Gasteiger partial charge in [0.2, 0.25) is 0 Å². The highest BCUT2D eigenvalue weighted by molar-refractivity contribution is 8.13. The van der Waals surface area contributed by atoms with Gasteiger partial charge in [-0.2, -0.15) is 4.99 Å². The number of nitrogens with two attached hydrogens (primary N) is 2. The molecule has 0 saturated carbocycles. The van der Waals surface area contributed by atoms with Crippen molar-refractivity contribution in [2.75, 3.05) is 5.75 Å². The Morgan fingerprint density at radius 2 is 2.08 bits per heavy atom. The van der Waals surface area contributed by atoms with E-state index >= 15 is 0 Å². The van der Waals surface area contributed by atoms with Crippen LogP contribution in [0.4, 0.5) is 0 Å². The van der Waals surface area contributed by atoms with Crippen molar-refractivity contribution in [1.82, 2.24) is 0 Å². The first-order valence-corrected chi connectivity index (χ1v) is 4.83. The van der Waals surface area contributed by atoms with E-state index in [4.69, 9.17) is 16.9 Å². The molecular formula is C7H16N4OS. The summed E-state index contributed by atoms with van der Waals surface area (Å²) in [5.74, 6) is 0.514. The van der Waals surface area contributed by atoms with Crippen LogP contribution in [0.2, 0.25) is 0 Å². The Morgan fingerprint density at radius 3 is 2.46 bits per heavy atom. The van der Waals surface area contributed by atoms with E-state index in [0.29, 0.717) is 12.2 Å². The summed E-state index contributed by atoms with van der Waals surface area (Å²) in [6.07, 6.45) is 0.597. The molecule has 0 aromatic carbocycles. The molecule has 0 radical (unpaired) electrons.